The van der Waals surface area contributed by atoms with Gasteiger partial charge in [0.05, 0.1) is 48.4 Å². The van der Waals surface area contributed by atoms with Gasteiger partial charge in [0.25, 0.3) is 0 Å². The number of hydrogen-bond acceptors (Lipinski definition) is 7. The van der Waals surface area contributed by atoms with Crippen LogP contribution >= 0.6 is 0 Å². The van der Waals surface area contributed by atoms with E-state index < -0.39 is 29.6 Å². The van der Waals surface area contributed by atoms with Crippen LogP contribution in [-0.2, 0) is 15.7 Å². The summed E-state index contributed by atoms with van der Waals surface area (Å²) >= 11 is 0. The molecule has 3 aromatic heterocycles. The number of carbonyl (C=O) groups excluding carboxylic acids is 1. The molecule has 13 heteroatoms. The van der Waals surface area contributed by atoms with Gasteiger partial charge in [0.15, 0.2) is 11.3 Å². The van der Waals surface area contributed by atoms with Gasteiger partial charge >= 0.3 is 12.3 Å². The van der Waals surface area contributed by atoms with Gasteiger partial charge in [-0.15, -0.1) is 0 Å². The van der Waals surface area contributed by atoms with Gasteiger partial charge in [0.2, 0.25) is 0 Å². The molecule has 0 N–H and O–H groups in total. The van der Waals surface area contributed by atoms with Gasteiger partial charge in [-0.25, -0.2) is 14.3 Å². The minimum absolute atomic E-state index is 0.0182. The first kappa shape index (κ1) is 27.2. The predicted octanol–water partition coefficient (Wildman–Crippen LogP) is 4.72. The molecule has 3 aromatic rings. The molecule has 2 aliphatic rings. The minimum Gasteiger partial charge on any atom is -0.444 e. The number of likely N-dealkylation sites (tertiary alicyclic amines) is 1. The Bertz CT molecular complexity index is 1350. The number of halogens is 3. The molecule has 2 fully saturated rings. The SMILES string of the molecule is Cc1nn(C2CCN(C(=O)OC(C)(C)C)CC2)c(C(F)(F)F)c1-c1cc(N2CCOC[C@H]2C)nc2ccnn12. The summed E-state index contributed by atoms with van der Waals surface area (Å²) in [5, 5.41) is 8.71. The van der Waals surface area contributed by atoms with Crippen molar-refractivity contribution in [2.45, 2.75) is 71.3 Å². The summed E-state index contributed by atoms with van der Waals surface area (Å²) in [6.45, 7) is 11.1. The molecule has 2 aliphatic heterocycles. The lowest BCUT2D eigenvalue weighted by molar-refractivity contribution is -0.144. The molecule has 10 nitrogen and oxygen atoms in total. The van der Waals surface area contributed by atoms with E-state index in [4.69, 9.17) is 9.47 Å². The van der Waals surface area contributed by atoms with Gasteiger partial charge < -0.3 is 19.3 Å². The van der Waals surface area contributed by atoms with Crippen LogP contribution in [0.5, 0.6) is 0 Å². The van der Waals surface area contributed by atoms with Gasteiger partial charge in [-0.1, -0.05) is 0 Å². The number of nitrogens with zero attached hydrogens (tertiary/aromatic N) is 7. The molecule has 0 radical (unpaired) electrons. The van der Waals surface area contributed by atoms with E-state index in [-0.39, 0.29) is 36.1 Å². The molecule has 212 valence electrons. The number of alkyl halides is 3. The largest absolute Gasteiger partial charge is 0.444 e. The highest BCUT2D eigenvalue weighted by atomic mass is 19.4. The fraction of sp³-hybridized carbons (Fsp3) is 0.615. The predicted molar refractivity (Wildman–Crippen MR) is 138 cm³/mol. The molecule has 1 amide bonds. The maximum absolute atomic E-state index is 14.8. The second kappa shape index (κ2) is 10.00. The Kier molecular flexibility index (Phi) is 6.98. The van der Waals surface area contributed by atoms with Crippen LogP contribution in [0.1, 0.15) is 58.0 Å². The van der Waals surface area contributed by atoms with Crippen LogP contribution in [0.4, 0.5) is 23.8 Å². The van der Waals surface area contributed by atoms with Crippen molar-refractivity contribution in [2.24, 2.45) is 0 Å². The molecule has 0 spiro atoms. The Labute approximate surface area is 224 Å². The number of aryl methyl sites for hydroxylation is 1. The van der Waals surface area contributed by atoms with Gasteiger partial charge in [0, 0.05) is 31.8 Å². The summed E-state index contributed by atoms with van der Waals surface area (Å²) in [6.07, 6.45) is -2.96. The zero-order valence-corrected chi connectivity index (χ0v) is 22.8. The van der Waals surface area contributed by atoms with E-state index in [1.165, 1.54) is 15.6 Å². The molecule has 0 saturated carbocycles. The van der Waals surface area contributed by atoms with E-state index in [9.17, 15) is 18.0 Å². The van der Waals surface area contributed by atoms with E-state index in [0.29, 0.717) is 44.1 Å². The van der Waals surface area contributed by atoms with Gasteiger partial charge in [-0.3, -0.25) is 4.68 Å². The second-order valence-corrected chi connectivity index (χ2v) is 11.2. The molecule has 0 bridgehead atoms. The molecule has 0 aromatic carbocycles. The smallest absolute Gasteiger partial charge is 0.433 e. The van der Waals surface area contributed by atoms with Crippen LogP contribution in [0.15, 0.2) is 18.3 Å². The fourth-order valence-electron chi connectivity index (χ4n) is 5.30. The van der Waals surface area contributed by atoms with Crippen LogP contribution in [0.2, 0.25) is 0 Å². The Morgan fingerprint density at radius 2 is 1.87 bits per heavy atom. The number of anilines is 1. The number of rotatable bonds is 3. The van der Waals surface area contributed by atoms with Crippen LogP contribution in [-0.4, -0.2) is 79.9 Å². The second-order valence-electron chi connectivity index (χ2n) is 11.2. The maximum atomic E-state index is 14.8. The van der Waals surface area contributed by atoms with Crippen LogP contribution in [0, 0.1) is 6.92 Å². The third-order valence-corrected chi connectivity index (χ3v) is 7.08. The van der Waals surface area contributed by atoms with Crippen LogP contribution < -0.4 is 4.90 Å². The van der Waals surface area contributed by atoms with Gasteiger partial charge in [-0.2, -0.15) is 23.4 Å². The zero-order chi connectivity index (χ0) is 28.1. The first-order chi connectivity index (χ1) is 18.3. The highest BCUT2D eigenvalue weighted by Gasteiger charge is 2.43. The highest BCUT2D eigenvalue weighted by molar-refractivity contribution is 5.72. The molecule has 2 saturated heterocycles. The number of aromatic nitrogens is 5. The van der Waals surface area contributed by atoms with Crippen LogP contribution in [0.25, 0.3) is 16.9 Å². The van der Waals surface area contributed by atoms with Crippen molar-refractivity contribution in [1.82, 2.24) is 29.3 Å². The minimum atomic E-state index is -4.67. The summed E-state index contributed by atoms with van der Waals surface area (Å²) in [6, 6.07) is 2.83. The number of carbonyl (C=O) groups is 1. The summed E-state index contributed by atoms with van der Waals surface area (Å²) in [5.74, 6) is 0.569. The third kappa shape index (κ3) is 5.41. The summed E-state index contributed by atoms with van der Waals surface area (Å²) in [7, 11) is 0. The van der Waals surface area contributed by atoms with E-state index in [1.807, 2.05) is 11.8 Å². The summed E-state index contributed by atoms with van der Waals surface area (Å²) < 4.78 is 57.8. The summed E-state index contributed by atoms with van der Waals surface area (Å²) in [5.41, 5.74) is -0.505. The van der Waals surface area contributed by atoms with Crippen molar-refractivity contribution in [3.63, 3.8) is 0 Å². The standard InChI is InChI=1S/C26H34F3N7O3/c1-16-15-38-13-12-34(16)21-14-19(36-20(31-21)6-9-30-36)22-17(2)32-35(23(22)26(27,28)29)18-7-10-33(11-8-18)24(37)39-25(3,4)5/h6,9,14,16,18H,7-8,10-13,15H2,1-5H3/t16-/m1/s1. The van der Waals surface area contributed by atoms with Gasteiger partial charge in [0.1, 0.15) is 11.4 Å². The maximum Gasteiger partial charge on any atom is 0.433 e. The fourth-order valence-corrected chi connectivity index (χ4v) is 5.30. The zero-order valence-electron chi connectivity index (χ0n) is 22.8. The van der Waals surface area contributed by atoms with Crippen LogP contribution in [0.3, 0.4) is 0 Å². The Morgan fingerprint density at radius 3 is 2.51 bits per heavy atom. The van der Waals surface area contributed by atoms with E-state index in [2.05, 4.69) is 15.2 Å². The third-order valence-electron chi connectivity index (χ3n) is 7.08. The first-order valence-corrected chi connectivity index (χ1v) is 13.2. The number of fused-ring (bicyclic) bond motifs is 1. The average molecular weight is 550 g/mol. The lowest BCUT2D eigenvalue weighted by Gasteiger charge is -2.34. The topological polar surface area (TPSA) is 90.0 Å². The highest BCUT2D eigenvalue weighted by Crippen LogP contribution is 2.42. The number of amides is 1. The molecular formula is C26H34F3N7O3. The Morgan fingerprint density at radius 1 is 1.15 bits per heavy atom. The van der Waals surface area contributed by atoms with E-state index in [1.54, 1.807) is 39.8 Å². The number of morpholine rings is 1. The molecule has 5 rings (SSSR count). The van der Waals surface area contributed by atoms with Crippen molar-refractivity contribution < 1.29 is 27.4 Å². The monoisotopic (exact) mass is 549 g/mol. The summed E-state index contributed by atoms with van der Waals surface area (Å²) in [4.78, 5) is 20.7. The molecule has 0 aliphatic carbocycles. The lowest BCUT2D eigenvalue weighted by Crippen LogP contribution is -2.44. The molecule has 5 heterocycles. The number of hydrogen-bond donors (Lipinski definition) is 0. The number of ether oxygens (including phenoxy) is 2. The van der Waals surface area contributed by atoms with E-state index >= 15 is 0 Å². The van der Waals surface area contributed by atoms with E-state index in [0.717, 1.165) is 4.68 Å². The lowest BCUT2D eigenvalue weighted by atomic mass is 10.0. The molecular weight excluding hydrogens is 515 g/mol. The first-order valence-electron chi connectivity index (χ1n) is 13.2. The van der Waals surface area contributed by atoms with Crippen molar-refractivity contribution >= 4 is 17.6 Å². The average Bonchev–Trinajstić information content (AvgIpc) is 3.47. The number of piperidine rings is 1. The molecule has 1 atom stereocenters. The molecule has 0 unspecified atom stereocenters. The van der Waals surface area contributed by atoms with Crippen molar-refractivity contribution in [2.75, 3.05) is 37.7 Å². The van der Waals surface area contributed by atoms with Crippen molar-refractivity contribution in [1.29, 1.82) is 0 Å². The van der Waals surface area contributed by atoms with Crippen molar-refractivity contribution in [3.05, 3.63) is 29.7 Å². The molecule has 39 heavy (non-hydrogen) atoms. The van der Waals surface area contributed by atoms with Gasteiger partial charge in [-0.05, 0) is 47.5 Å². The van der Waals surface area contributed by atoms with Crippen molar-refractivity contribution in [3.8, 4) is 11.3 Å². The normalized spacial score (nSPS) is 19.6. The Balaban J connectivity index is 1.53. The quantitative estimate of drug-likeness (QED) is 0.467. The Hall–Kier alpha value is -3.35.